The first-order valence-corrected chi connectivity index (χ1v) is 8.46. The second-order valence-electron chi connectivity index (χ2n) is 5.79. The van der Waals surface area contributed by atoms with Gasteiger partial charge in [-0.25, -0.2) is 4.98 Å². The molecule has 1 N–H and O–H groups in total. The predicted octanol–water partition coefficient (Wildman–Crippen LogP) is 5.20. The molecule has 1 heterocycles. The normalized spacial score (nSPS) is 10.7. The van der Waals surface area contributed by atoms with Gasteiger partial charge >= 0.3 is 0 Å². The zero-order chi connectivity index (χ0) is 17.9. The van der Waals surface area contributed by atoms with Gasteiger partial charge in [-0.1, -0.05) is 54.1 Å². The lowest BCUT2D eigenvalue weighted by Gasteiger charge is -2.07. The molecule has 0 fully saturated rings. The molecule has 5 heteroatoms. The second-order valence-corrected chi connectivity index (χ2v) is 6.18. The number of hydrogen-bond donors (Lipinski definition) is 1. The van der Waals surface area contributed by atoms with Gasteiger partial charge in [0.1, 0.15) is 5.15 Å². The van der Waals surface area contributed by atoms with Crippen LogP contribution in [0.3, 0.4) is 0 Å². The highest BCUT2D eigenvalue weighted by Gasteiger charge is 2.08. The fourth-order valence-electron chi connectivity index (χ4n) is 2.71. The third-order valence-corrected chi connectivity index (χ3v) is 4.21. The van der Waals surface area contributed by atoms with Crippen LogP contribution < -0.4 is 5.32 Å². The minimum Gasteiger partial charge on any atom is -0.322 e. The van der Waals surface area contributed by atoms with Crippen LogP contribution >= 0.6 is 11.6 Å². The molecule has 0 radical (unpaired) electrons. The smallest absolute Gasteiger partial charge is 0.255 e. The molecule has 0 saturated heterocycles. The number of hydrogen-bond acceptors (Lipinski definition) is 3. The molecule has 3 aromatic carbocycles. The van der Waals surface area contributed by atoms with Gasteiger partial charge in [-0.3, -0.25) is 9.78 Å². The summed E-state index contributed by atoms with van der Waals surface area (Å²) in [5.74, 6) is -0.175. The average molecular weight is 360 g/mol. The van der Waals surface area contributed by atoms with Crippen molar-refractivity contribution >= 4 is 34.2 Å². The molecule has 0 aliphatic carbocycles. The van der Waals surface area contributed by atoms with Gasteiger partial charge in [-0.15, -0.1) is 0 Å². The molecule has 1 amide bonds. The highest BCUT2D eigenvalue weighted by molar-refractivity contribution is 6.29. The lowest BCUT2D eigenvalue weighted by molar-refractivity contribution is 0.102. The maximum absolute atomic E-state index is 12.5. The van der Waals surface area contributed by atoms with Crippen molar-refractivity contribution in [2.45, 2.75) is 0 Å². The molecule has 0 aliphatic heterocycles. The number of carbonyl (C=O) groups excluding carboxylic acids is 1. The summed E-state index contributed by atoms with van der Waals surface area (Å²) in [5.41, 5.74) is 4.79. The van der Waals surface area contributed by atoms with Crippen LogP contribution in [-0.2, 0) is 0 Å². The van der Waals surface area contributed by atoms with Gasteiger partial charge in [0.05, 0.1) is 17.2 Å². The average Bonchev–Trinajstić information content (AvgIpc) is 2.69. The number of benzene rings is 3. The Morgan fingerprint density at radius 1 is 0.846 bits per heavy atom. The number of rotatable bonds is 3. The van der Waals surface area contributed by atoms with E-state index in [1.807, 2.05) is 54.6 Å². The van der Waals surface area contributed by atoms with Crippen molar-refractivity contribution in [3.63, 3.8) is 0 Å². The van der Waals surface area contributed by atoms with E-state index >= 15 is 0 Å². The molecule has 0 saturated carbocycles. The Morgan fingerprint density at radius 3 is 2.35 bits per heavy atom. The standard InChI is InChI=1S/C21H14ClN3O/c22-20-13-23-19-12-17(10-11-18(19)25-20)24-21(26)16-8-6-15(7-9-16)14-4-2-1-3-5-14/h1-13H,(H,24,26). The minimum atomic E-state index is -0.175. The zero-order valence-electron chi connectivity index (χ0n) is 13.7. The maximum atomic E-state index is 12.5. The molecular formula is C21H14ClN3O. The van der Waals surface area contributed by atoms with Gasteiger partial charge in [0.2, 0.25) is 0 Å². The van der Waals surface area contributed by atoms with Crippen LogP contribution in [0.4, 0.5) is 5.69 Å². The van der Waals surface area contributed by atoms with Gasteiger partial charge in [0.25, 0.3) is 5.91 Å². The number of anilines is 1. The number of carbonyl (C=O) groups is 1. The maximum Gasteiger partial charge on any atom is 0.255 e. The lowest BCUT2D eigenvalue weighted by atomic mass is 10.0. The van der Waals surface area contributed by atoms with E-state index in [9.17, 15) is 4.79 Å². The zero-order valence-corrected chi connectivity index (χ0v) is 14.4. The Bertz CT molecular complexity index is 1080. The molecule has 0 bridgehead atoms. The quantitative estimate of drug-likeness (QED) is 0.546. The highest BCUT2D eigenvalue weighted by Crippen LogP contribution is 2.21. The third kappa shape index (κ3) is 3.41. The first-order chi connectivity index (χ1) is 12.7. The summed E-state index contributed by atoms with van der Waals surface area (Å²) in [4.78, 5) is 20.9. The summed E-state index contributed by atoms with van der Waals surface area (Å²) in [6.45, 7) is 0. The summed E-state index contributed by atoms with van der Waals surface area (Å²) in [5, 5.41) is 3.23. The molecule has 0 spiro atoms. The van der Waals surface area contributed by atoms with E-state index in [2.05, 4.69) is 15.3 Å². The Morgan fingerprint density at radius 2 is 1.58 bits per heavy atom. The van der Waals surface area contributed by atoms with Crippen LogP contribution in [0.1, 0.15) is 10.4 Å². The Labute approximate surface area is 155 Å². The van der Waals surface area contributed by atoms with Crippen molar-refractivity contribution in [3.05, 3.63) is 89.7 Å². The van der Waals surface area contributed by atoms with Crippen LogP contribution in [0, 0.1) is 0 Å². The number of fused-ring (bicyclic) bond motifs is 1. The minimum absolute atomic E-state index is 0.175. The van der Waals surface area contributed by atoms with E-state index in [4.69, 9.17) is 11.6 Å². The van der Waals surface area contributed by atoms with E-state index in [1.54, 1.807) is 18.2 Å². The van der Waals surface area contributed by atoms with Crippen molar-refractivity contribution in [2.24, 2.45) is 0 Å². The molecule has 4 rings (SSSR count). The van der Waals surface area contributed by atoms with E-state index < -0.39 is 0 Å². The lowest BCUT2D eigenvalue weighted by Crippen LogP contribution is -2.11. The van der Waals surface area contributed by atoms with Crippen molar-refractivity contribution in [3.8, 4) is 11.1 Å². The number of halogens is 1. The molecule has 1 aromatic heterocycles. The fourth-order valence-corrected chi connectivity index (χ4v) is 2.85. The summed E-state index contributed by atoms with van der Waals surface area (Å²) in [6, 6.07) is 22.9. The van der Waals surface area contributed by atoms with Crippen molar-refractivity contribution in [2.75, 3.05) is 5.32 Å². The summed E-state index contributed by atoms with van der Waals surface area (Å²) in [7, 11) is 0. The van der Waals surface area contributed by atoms with Crippen LogP contribution in [0.2, 0.25) is 5.15 Å². The third-order valence-electron chi connectivity index (χ3n) is 4.02. The SMILES string of the molecule is O=C(Nc1ccc2nc(Cl)cnc2c1)c1ccc(-c2ccccc2)cc1. The van der Waals surface area contributed by atoms with Crippen LogP contribution in [0.25, 0.3) is 22.2 Å². The van der Waals surface area contributed by atoms with E-state index in [0.717, 1.165) is 11.1 Å². The molecule has 0 aliphatic rings. The van der Waals surface area contributed by atoms with Gasteiger partial charge < -0.3 is 5.32 Å². The topological polar surface area (TPSA) is 54.9 Å². The molecule has 0 atom stereocenters. The first kappa shape index (κ1) is 16.2. The number of nitrogens with one attached hydrogen (secondary N) is 1. The molecule has 4 nitrogen and oxygen atoms in total. The summed E-state index contributed by atoms with van der Waals surface area (Å²) < 4.78 is 0. The van der Waals surface area contributed by atoms with Crippen LogP contribution in [-0.4, -0.2) is 15.9 Å². The Balaban J connectivity index is 1.53. The molecule has 26 heavy (non-hydrogen) atoms. The van der Waals surface area contributed by atoms with Crippen LogP contribution in [0.15, 0.2) is 79.0 Å². The molecule has 126 valence electrons. The summed E-state index contributed by atoms with van der Waals surface area (Å²) >= 11 is 5.84. The monoisotopic (exact) mass is 359 g/mol. The van der Waals surface area contributed by atoms with E-state index in [1.165, 1.54) is 6.20 Å². The van der Waals surface area contributed by atoms with Gasteiger partial charge in [-0.2, -0.15) is 0 Å². The fraction of sp³-hybridized carbons (Fsp3) is 0. The number of nitrogens with zero attached hydrogens (tertiary/aromatic N) is 2. The van der Waals surface area contributed by atoms with Gasteiger partial charge in [0.15, 0.2) is 0 Å². The van der Waals surface area contributed by atoms with Gasteiger partial charge in [0, 0.05) is 11.3 Å². The number of aromatic nitrogens is 2. The van der Waals surface area contributed by atoms with Crippen LogP contribution in [0.5, 0.6) is 0 Å². The Hall–Kier alpha value is -3.24. The molecular weight excluding hydrogens is 346 g/mol. The van der Waals surface area contributed by atoms with E-state index in [0.29, 0.717) is 27.4 Å². The summed E-state index contributed by atoms with van der Waals surface area (Å²) in [6.07, 6.45) is 1.48. The Kier molecular flexibility index (Phi) is 4.33. The van der Waals surface area contributed by atoms with Crippen molar-refractivity contribution < 1.29 is 4.79 Å². The second kappa shape index (κ2) is 6.94. The highest BCUT2D eigenvalue weighted by atomic mass is 35.5. The largest absolute Gasteiger partial charge is 0.322 e. The number of amides is 1. The molecule has 0 unspecified atom stereocenters. The molecule has 4 aromatic rings. The van der Waals surface area contributed by atoms with Crippen molar-refractivity contribution in [1.29, 1.82) is 0 Å². The van der Waals surface area contributed by atoms with E-state index in [-0.39, 0.29) is 5.91 Å². The van der Waals surface area contributed by atoms with Gasteiger partial charge in [-0.05, 0) is 41.5 Å². The first-order valence-electron chi connectivity index (χ1n) is 8.08. The predicted molar refractivity (Wildman–Crippen MR) is 104 cm³/mol. The van der Waals surface area contributed by atoms with Crippen molar-refractivity contribution in [1.82, 2.24) is 9.97 Å².